The Labute approximate surface area is 301 Å². The van der Waals surface area contributed by atoms with Crippen LogP contribution >= 0.6 is 0 Å². The molecule has 49 heavy (non-hydrogen) atoms. The number of unbranched alkanes of at least 4 members (excludes halogenated alkanes) is 5. The number of hydrogen-bond acceptors (Lipinski definition) is 3. The summed E-state index contributed by atoms with van der Waals surface area (Å²) in [5, 5.41) is 11.3. The standard InChI is InChI=1S/C46H72O3/c1-8-9-10-11-12-13-14-15-16-17-18-19-20-21-22-25-44(47)49-46(48)34-32-38(5)41(35-46)29-28-40-24-23-33-45(7)42(30-31-43(40)45)39(6)27-26-37(4)36(2)3/h9-10,12-13,15-16,26-29,36-37,39,42-43,48H,5,8,11,14,17-25,30-35H2,1-4,6-7H3/b10-9-,13-12-,16-15-,27-26+,40-28+,41-29-/t37-,39+,42+,43-,45+,46-/m0/s1. The van der Waals surface area contributed by atoms with Crippen LogP contribution in [-0.2, 0) is 9.53 Å². The first kappa shape index (κ1) is 41.0. The van der Waals surface area contributed by atoms with Crippen molar-refractivity contribution >= 4 is 5.97 Å². The molecule has 3 heteroatoms. The Morgan fingerprint density at radius 2 is 1.59 bits per heavy atom. The van der Waals surface area contributed by atoms with E-state index >= 15 is 0 Å². The van der Waals surface area contributed by atoms with E-state index in [4.69, 9.17) is 4.74 Å². The van der Waals surface area contributed by atoms with Gasteiger partial charge in [-0.2, -0.15) is 0 Å². The van der Waals surface area contributed by atoms with Gasteiger partial charge in [-0.1, -0.05) is 139 Å². The zero-order chi connectivity index (χ0) is 35.7. The molecule has 0 saturated heterocycles. The minimum atomic E-state index is -1.43. The van der Waals surface area contributed by atoms with Crippen LogP contribution in [-0.4, -0.2) is 16.9 Å². The Morgan fingerprint density at radius 3 is 2.33 bits per heavy atom. The third-order valence-electron chi connectivity index (χ3n) is 12.0. The summed E-state index contributed by atoms with van der Waals surface area (Å²) in [4.78, 5) is 12.7. The number of carbonyl (C=O) groups is 1. The van der Waals surface area contributed by atoms with Crippen molar-refractivity contribution < 1.29 is 14.6 Å². The molecular weight excluding hydrogens is 601 g/mol. The van der Waals surface area contributed by atoms with E-state index in [-0.39, 0.29) is 5.97 Å². The average molecular weight is 673 g/mol. The Hall–Kier alpha value is -2.39. The highest BCUT2D eigenvalue weighted by Gasteiger charge is 2.50. The number of hydrogen-bond donors (Lipinski definition) is 1. The molecule has 0 bridgehead atoms. The number of rotatable bonds is 19. The molecular formula is C46H72O3. The molecule has 0 radical (unpaired) electrons. The highest BCUT2D eigenvalue weighted by atomic mass is 16.7. The number of allylic oxidation sites excluding steroid dienone is 12. The van der Waals surface area contributed by atoms with Gasteiger partial charge in [0.2, 0.25) is 5.79 Å². The second-order valence-electron chi connectivity index (χ2n) is 16.2. The maximum absolute atomic E-state index is 12.7. The van der Waals surface area contributed by atoms with E-state index in [1.54, 1.807) is 5.57 Å². The van der Waals surface area contributed by atoms with Crippen molar-refractivity contribution in [1.82, 2.24) is 0 Å². The SMILES string of the molecule is C=C1CC[C@](O)(OC(=O)CCCCCCC/C=C\C/C=C\C/C=C\CC)C/C1=C/C=C1\CCC[C@]2(C)[C@@H]([C@H](C)/C=C/[C@H](C)C(C)C)CC[C@@H]12. The molecule has 0 aromatic rings. The zero-order valence-corrected chi connectivity index (χ0v) is 32.4. The molecule has 1 N–H and O–H groups in total. The second-order valence-corrected chi connectivity index (χ2v) is 16.2. The Morgan fingerprint density at radius 1 is 0.898 bits per heavy atom. The van der Waals surface area contributed by atoms with Crippen LogP contribution in [0.2, 0.25) is 0 Å². The summed E-state index contributed by atoms with van der Waals surface area (Å²) in [6.45, 7) is 18.4. The maximum atomic E-state index is 12.7. The molecule has 3 aliphatic rings. The number of fused-ring (bicyclic) bond motifs is 1. The van der Waals surface area contributed by atoms with E-state index in [1.807, 2.05) is 0 Å². The Kier molecular flexibility index (Phi) is 17.7. The second kappa shape index (κ2) is 21.1. The molecule has 3 nitrogen and oxygen atoms in total. The van der Waals surface area contributed by atoms with Crippen LogP contribution in [0.1, 0.15) is 157 Å². The molecule has 0 unspecified atom stereocenters. The Balaban J connectivity index is 1.42. The fourth-order valence-corrected chi connectivity index (χ4v) is 8.49. The summed E-state index contributed by atoms with van der Waals surface area (Å²) in [5.41, 5.74) is 4.00. The normalized spacial score (nSPS) is 29.3. The van der Waals surface area contributed by atoms with Gasteiger partial charge in [-0.25, -0.2) is 0 Å². The lowest BCUT2D eigenvalue weighted by atomic mass is 9.61. The van der Waals surface area contributed by atoms with Crippen LogP contribution in [0.3, 0.4) is 0 Å². The van der Waals surface area contributed by atoms with Gasteiger partial charge in [0.1, 0.15) is 0 Å². The predicted molar refractivity (Wildman–Crippen MR) is 210 cm³/mol. The minimum absolute atomic E-state index is 0.278. The number of aliphatic hydroxyl groups is 1. The highest BCUT2D eigenvalue weighted by Crippen LogP contribution is 2.59. The average Bonchev–Trinajstić information content (AvgIpc) is 3.43. The molecule has 3 fully saturated rings. The van der Waals surface area contributed by atoms with Gasteiger partial charge >= 0.3 is 5.97 Å². The summed E-state index contributed by atoms with van der Waals surface area (Å²) < 4.78 is 5.74. The van der Waals surface area contributed by atoms with Gasteiger partial charge in [-0.05, 0) is 118 Å². The van der Waals surface area contributed by atoms with Crippen molar-refractivity contribution in [2.75, 3.05) is 0 Å². The topological polar surface area (TPSA) is 46.5 Å². The number of carbonyl (C=O) groups excluding carboxylic acids is 1. The van der Waals surface area contributed by atoms with Crippen LogP contribution in [0, 0.1) is 35.0 Å². The van der Waals surface area contributed by atoms with Crippen molar-refractivity contribution in [3.05, 3.63) is 84.1 Å². The van der Waals surface area contributed by atoms with E-state index in [1.165, 1.54) is 38.5 Å². The minimum Gasteiger partial charge on any atom is -0.433 e. The van der Waals surface area contributed by atoms with Crippen molar-refractivity contribution in [3.63, 3.8) is 0 Å². The quantitative estimate of drug-likeness (QED) is 0.0643. The first-order chi connectivity index (χ1) is 23.5. The van der Waals surface area contributed by atoms with E-state index in [0.717, 1.165) is 68.4 Å². The molecule has 6 atom stereocenters. The molecule has 0 aliphatic heterocycles. The lowest BCUT2D eigenvalue weighted by molar-refractivity contribution is -0.213. The number of esters is 1. The summed E-state index contributed by atoms with van der Waals surface area (Å²) in [7, 11) is 0. The van der Waals surface area contributed by atoms with Gasteiger partial charge in [0.25, 0.3) is 0 Å². The van der Waals surface area contributed by atoms with Gasteiger partial charge in [-0.3, -0.25) is 4.79 Å². The first-order valence-electron chi connectivity index (χ1n) is 20.1. The van der Waals surface area contributed by atoms with Gasteiger partial charge in [0.15, 0.2) is 0 Å². The largest absolute Gasteiger partial charge is 0.433 e. The van der Waals surface area contributed by atoms with Gasteiger partial charge in [0.05, 0.1) is 0 Å². The van der Waals surface area contributed by atoms with E-state index in [2.05, 4.69) is 109 Å². The van der Waals surface area contributed by atoms with Crippen LogP contribution in [0.25, 0.3) is 0 Å². The van der Waals surface area contributed by atoms with Crippen LogP contribution in [0.5, 0.6) is 0 Å². The van der Waals surface area contributed by atoms with Gasteiger partial charge in [0, 0.05) is 19.3 Å². The summed E-state index contributed by atoms with van der Waals surface area (Å²) in [6.07, 6.45) is 40.6. The van der Waals surface area contributed by atoms with Gasteiger partial charge in [-0.15, -0.1) is 0 Å². The monoisotopic (exact) mass is 673 g/mol. The van der Waals surface area contributed by atoms with Crippen LogP contribution < -0.4 is 0 Å². The molecule has 274 valence electrons. The first-order valence-corrected chi connectivity index (χ1v) is 20.1. The van der Waals surface area contributed by atoms with Crippen molar-refractivity contribution in [1.29, 1.82) is 0 Å². The third-order valence-corrected chi connectivity index (χ3v) is 12.0. The molecule has 3 aliphatic carbocycles. The summed E-state index contributed by atoms with van der Waals surface area (Å²) in [5.74, 6) is 1.53. The number of ether oxygens (including phenoxy) is 1. The lowest BCUT2D eigenvalue weighted by Crippen LogP contribution is -2.38. The highest BCUT2D eigenvalue weighted by molar-refractivity contribution is 5.69. The summed E-state index contributed by atoms with van der Waals surface area (Å²) >= 11 is 0. The fraction of sp³-hybridized carbons (Fsp3) is 0.674. The smallest absolute Gasteiger partial charge is 0.308 e. The molecule has 0 amide bonds. The predicted octanol–water partition coefficient (Wildman–Crippen LogP) is 13.1. The van der Waals surface area contributed by atoms with E-state index < -0.39 is 5.79 Å². The summed E-state index contributed by atoms with van der Waals surface area (Å²) in [6, 6.07) is 0. The van der Waals surface area contributed by atoms with E-state index in [9.17, 15) is 9.90 Å². The van der Waals surface area contributed by atoms with Crippen LogP contribution in [0.4, 0.5) is 0 Å². The molecule has 3 rings (SSSR count). The van der Waals surface area contributed by atoms with Crippen molar-refractivity contribution in [3.8, 4) is 0 Å². The van der Waals surface area contributed by atoms with Crippen molar-refractivity contribution in [2.24, 2.45) is 35.0 Å². The lowest BCUT2D eigenvalue weighted by Gasteiger charge is -2.44. The van der Waals surface area contributed by atoms with Crippen molar-refractivity contribution in [2.45, 2.75) is 163 Å². The van der Waals surface area contributed by atoms with Gasteiger partial charge < -0.3 is 9.84 Å². The van der Waals surface area contributed by atoms with E-state index in [0.29, 0.717) is 54.8 Å². The fourth-order valence-electron chi connectivity index (χ4n) is 8.49. The maximum Gasteiger partial charge on any atom is 0.308 e. The van der Waals surface area contributed by atoms with Crippen LogP contribution in [0.15, 0.2) is 84.1 Å². The third kappa shape index (κ3) is 13.3. The molecule has 0 aromatic carbocycles. The molecule has 0 aromatic heterocycles. The molecule has 3 saturated carbocycles. The molecule has 0 heterocycles. The molecule has 0 spiro atoms. The zero-order valence-electron chi connectivity index (χ0n) is 32.4. The Bertz CT molecular complexity index is 1210.